The molecule has 0 saturated carbocycles. The zero-order chi connectivity index (χ0) is 14.3. The minimum Gasteiger partial charge on any atom is -0.388 e. The number of nitrogens with zero attached hydrogens (tertiary/aromatic N) is 3. The maximum Gasteiger partial charge on any atom is 0.185 e. The molecular weight excluding hydrogens is 270 g/mol. The lowest BCUT2D eigenvalue weighted by Gasteiger charge is -2.45. The van der Waals surface area contributed by atoms with Crippen LogP contribution in [0.25, 0.3) is 0 Å². The van der Waals surface area contributed by atoms with E-state index in [0.29, 0.717) is 0 Å². The number of thiazole rings is 1. The molecule has 20 heavy (non-hydrogen) atoms. The molecule has 1 aromatic heterocycles. The average molecular weight is 295 g/mol. The van der Waals surface area contributed by atoms with Gasteiger partial charge in [0.1, 0.15) is 0 Å². The van der Waals surface area contributed by atoms with Crippen LogP contribution < -0.4 is 4.90 Å². The van der Waals surface area contributed by atoms with Crippen molar-refractivity contribution in [2.75, 3.05) is 31.6 Å². The molecule has 4 nitrogen and oxygen atoms in total. The predicted molar refractivity (Wildman–Crippen MR) is 83.5 cm³/mol. The monoisotopic (exact) mass is 295 g/mol. The first kappa shape index (κ1) is 14.3. The minimum atomic E-state index is -0.403. The number of anilines is 1. The molecule has 3 heterocycles. The number of aryl methyl sites for hydroxylation is 1. The van der Waals surface area contributed by atoms with Gasteiger partial charge >= 0.3 is 0 Å². The Balaban J connectivity index is 1.74. The third-order valence-corrected chi connectivity index (χ3v) is 6.21. The van der Waals surface area contributed by atoms with Crippen LogP contribution in [-0.2, 0) is 0 Å². The van der Waals surface area contributed by atoms with E-state index in [1.54, 1.807) is 11.3 Å². The third kappa shape index (κ3) is 2.59. The van der Waals surface area contributed by atoms with Gasteiger partial charge in [-0.2, -0.15) is 0 Å². The maximum atomic E-state index is 9.78. The Morgan fingerprint density at radius 1 is 1.35 bits per heavy atom. The van der Waals surface area contributed by atoms with Crippen LogP contribution in [-0.4, -0.2) is 47.7 Å². The van der Waals surface area contributed by atoms with Gasteiger partial charge in [-0.05, 0) is 52.6 Å². The zero-order valence-corrected chi connectivity index (χ0v) is 13.5. The van der Waals surface area contributed by atoms with Gasteiger partial charge in [0.15, 0.2) is 5.13 Å². The van der Waals surface area contributed by atoms with Crippen molar-refractivity contribution >= 4 is 16.5 Å². The van der Waals surface area contributed by atoms with Gasteiger partial charge < -0.3 is 14.9 Å². The lowest BCUT2D eigenvalue weighted by molar-refractivity contribution is 0.102. The van der Waals surface area contributed by atoms with E-state index in [4.69, 9.17) is 0 Å². The number of piperidine rings is 2. The highest BCUT2D eigenvalue weighted by Crippen LogP contribution is 2.35. The Bertz CT molecular complexity index is 474. The summed E-state index contributed by atoms with van der Waals surface area (Å²) >= 11 is 1.67. The highest BCUT2D eigenvalue weighted by molar-refractivity contribution is 7.15. The van der Waals surface area contributed by atoms with E-state index in [2.05, 4.69) is 21.8 Å². The van der Waals surface area contributed by atoms with Crippen molar-refractivity contribution in [3.8, 4) is 0 Å². The molecule has 3 unspecified atom stereocenters. The van der Waals surface area contributed by atoms with E-state index in [-0.39, 0.29) is 0 Å². The smallest absolute Gasteiger partial charge is 0.185 e. The van der Waals surface area contributed by atoms with Crippen molar-refractivity contribution in [1.82, 2.24) is 9.88 Å². The fourth-order valence-electron chi connectivity index (χ4n) is 3.74. The molecule has 2 saturated heterocycles. The summed E-state index contributed by atoms with van der Waals surface area (Å²) in [4.78, 5) is 10.7. The van der Waals surface area contributed by atoms with Crippen LogP contribution >= 0.6 is 11.3 Å². The van der Waals surface area contributed by atoms with E-state index < -0.39 is 6.10 Å². The van der Waals surface area contributed by atoms with Crippen LogP contribution in [0.2, 0.25) is 0 Å². The highest BCUT2D eigenvalue weighted by atomic mass is 32.1. The molecule has 3 rings (SSSR count). The topological polar surface area (TPSA) is 39.6 Å². The molecule has 0 spiro atoms. The fourth-order valence-corrected chi connectivity index (χ4v) is 4.78. The number of aromatic nitrogens is 1. The summed E-state index contributed by atoms with van der Waals surface area (Å²) < 4.78 is 0. The Hall–Kier alpha value is -0.650. The summed E-state index contributed by atoms with van der Waals surface area (Å²) in [5, 5.41) is 10.9. The van der Waals surface area contributed by atoms with Gasteiger partial charge in [-0.15, -0.1) is 0 Å². The average Bonchev–Trinajstić information content (AvgIpc) is 2.81. The van der Waals surface area contributed by atoms with Gasteiger partial charge in [-0.3, -0.25) is 0 Å². The second kappa shape index (κ2) is 5.62. The Morgan fingerprint density at radius 3 is 2.85 bits per heavy atom. The molecule has 1 N–H and O–H groups in total. The van der Waals surface area contributed by atoms with Gasteiger partial charge in [0, 0.05) is 19.1 Å². The number of hydrogen-bond donors (Lipinski definition) is 1. The first-order valence-corrected chi connectivity index (χ1v) is 8.48. The van der Waals surface area contributed by atoms with Gasteiger partial charge in [0.25, 0.3) is 0 Å². The standard InChI is InChI=1S/C15H25N3OS/c1-10-14(11(2)19)20-15(16-10)18-8-6-13-12(9-18)5-4-7-17(13)3/h11-13,19H,4-9H2,1-3H3. The second-order valence-electron chi connectivity index (χ2n) is 6.31. The van der Waals surface area contributed by atoms with Gasteiger partial charge in [-0.25, -0.2) is 4.98 Å². The maximum absolute atomic E-state index is 9.78. The molecule has 0 radical (unpaired) electrons. The van der Waals surface area contributed by atoms with Crippen LogP contribution in [0.15, 0.2) is 0 Å². The summed E-state index contributed by atoms with van der Waals surface area (Å²) in [6.45, 7) is 7.30. The number of rotatable bonds is 2. The van der Waals surface area contributed by atoms with Crippen LogP contribution in [0.4, 0.5) is 5.13 Å². The number of aliphatic hydroxyl groups is 1. The van der Waals surface area contributed by atoms with Crippen molar-refractivity contribution in [3.63, 3.8) is 0 Å². The van der Waals surface area contributed by atoms with Crippen molar-refractivity contribution in [2.24, 2.45) is 5.92 Å². The number of likely N-dealkylation sites (tertiary alicyclic amines) is 1. The van der Waals surface area contributed by atoms with Crippen molar-refractivity contribution < 1.29 is 5.11 Å². The third-order valence-electron chi connectivity index (χ3n) is 4.82. The summed E-state index contributed by atoms with van der Waals surface area (Å²) in [6, 6.07) is 0.761. The molecule has 3 atom stereocenters. The van der Waals surface area contributed by atoms with E-state index in [0.717, 1.165) is 40.8 Å². The summed E-state index contributed by atoms with van der Waals surface area (Å²) in [7, 11) is 2.27. The van der Waals surface area contributed by atoms with E-state index in [9.17, 15) is 5.11 Å². The number of hydrogen-bond acceptors (Lipinski definition) is 5. The molecular formula is C15H25N3OS. The second-order valence-corrected chi connectivity index (χ2v) is 7.32. The normalized spacial score (nSPS) is 29.3. The Kier molecular flexibility index (Phi) is 4.02. The molecule has 2 aliphatic heterocycles. The molecule has 112 valence electrons. The van der Waals surface area contributed by atoms with Crippen molar-refractivity contribution in [2.45, 2.75) is 45.3 Å². The van der Waals surface area contributed by atoms with Crippen LogP contribution in [0.1, 0.15) is 42.9 Å². The van der Waals surface area contributed by atoms with Gasteiger partial charge in [-0.1, -0.05) is 11.3 Å². The van der Waals surface area contributed by atoms with E-state index in [1.165, 1.54) is 25.8 Å². The molecule has 5 heteroatoms. The molecule has 2 aliphatic rings. The zero-order valence-electron chi connectivity index (χ0n) is 12.7. The Labute approximate surface area is 125 Å². The van der Waals surface area contributed by atoms with E-state index in [1.807, 2.05) is 13.8 Å². The lowest BCUT2D eigenvalue weighted by atomic mass is 9.84. The molecule has 0 aromatic carbocycles. The molecule has 1 aromatic rings. The van der Waals surface area contributed by atoms with Crippen LogP contribution in [0, 0.1) is 12.8 Å². The number of aliphatic hydroxyl groups excluding tert-OH is 1. The SMILES string of the molecule is Cc1nc(N2CCC3C(CCCN3C)C2)sc1C(C)O. The van der Waals surface area contributed by atoms with Crippen molar-refractivity contribution in [3.05, 3.63) is 10.6 Å². The molecule has 0 amide bonds. The predicted octanol–water partition coefficient (Wildman–Crippen LogP) is 2.43. The van der Waals surface area contributed by atoms with E-state index >= 15 is 0 Å². The lowest BCUT2D eigenvalue weighted by Crippen LogP contribution is -2.52. The van der Waals surface area contributed by atoms with Crippen molar-refractivity contribution in [1.29, 1.82) is 0 Å². The van der Waals surface area contributed by atoms with Gasteiger partial charge in [0.05, 0.1) is 16.7 Å². The minimum absolute atomic E-state index is 0.403. The largest absolute Gasteiger partial charge is 0.388 e. The quantitative estimate of drug-likeness (QED) is 0.909. The first-order valence-electron chi connectivity index (χ1n) is 7.67. The molecule has 2 fully saturated rings. The fraction of sp³-hybridized carbons (Fsp3) is 0.800. The summed E-state index contributed by atoms with van der Waals surface area (Å²) in [5.41, 5.74) is 0.989. The Morgan fingerprint density at radius 2 is 2.15 bits per heavy atom. The molecule has 0 bridgehead atoms. The number of fused-ring (bicyclic) bond motifs is 1. The van der Waals surface area contributed by atoms with Crippen LogP contribution in [0.5, 0.6) is 0 Å². The summed E-state index contributed by atoms with van der Waals surface area (Å²) in [5.74, 6) is 0.779. The highest BCUT2D eigenvalue weighted by Gasteiger charge is 2.35. The molecule has 0 aliphatic carbocycles. The van der Waals surface area contributed by atoms with Crippen LogP contribution in [0.3, 0.4) is 0 Å². The summed E-state index contributed by atoms with van der Waals surface area (Å²) in [6.07, 6.45) is 3.50. The first-order chi connectivity index (χ1) is 9.56. The van der Waals surface area contributed by atoms with Gasteiger partial charge in [0.2, 0.25) is 0 Å².